The quantitative estimate of drug-likeness (QED) is 0.516. The molecule has 1 aromatic heterocycles. The number of fused-ring (bicyclic) bond motifs is 1. The van der Waals surface area contributed by atoms with Crippen LogP contribution in [0.15, 0.2) is 91.1 Å². The van der Waals surface area contributed by atoms with E-state index in [9.17, 15) is 0 Å². The van der Waals surface area contributed by atoms with Crippen molar-refractivity contribution >= 4 is 10.8 Å². The number of halogens is 1. The Kier molecular flexibility index (Phi) is 4.88. The van der Waals surface area contributed by atoms with Gasteiger partial charge in [-0.2, -0.15) is 0 Å². The molecule has 0 aliphatic rings. The molecule has 0 unspecified atom stereocenters. The maximum atomic E-state index is 4.70. The van der Waals surface area contributed by atoms with E-state index in [2.05, 4.69) is 77.5 Å². The highest BCUT2D eigenvalue weighted by Gasteiger charge is 2.19. The van der Waals surface area contributed by atoms with Gasteiger partial charge in [0.25, 0.3) is 0 Å². The normalized spacial score (nSPS) is 10.3. The topological polar surface area (TPSA) is 16.8 Å². The summed E-state index contributed by atoms with van der Waals surface area (Å²) in [6, 6.07) is 29.4. The minimum Gasteiger partial charge on any atom is -1.00 e. The average molecular weight is 333 g/mol. The summed E-state index contributed by atoms with van der Waals surface area (Å²) in [5.74, 6) is 0. The molecule has 0 bridgehead atoms. The fourth-order valence-corrected chi connectivity index (χ4v) is 2.93. The van der Waals surface area contributed by atoms with Crippen molar-refractivity contribution in [3.8, 4) is 11.3 Å². The van der Waals surface area contributed by atoms with Gasteiger partial charge in [0.2, 0.25) is 5.69 Å². The summed E-state index contributed by atoms with van der Waals surface area (Å²) < 4.78 is 2.09. The summed E-state index contributed by atoms with van der Waals surface area (Å²) in [7, 11) is 0. The van der Waals surface area contributed by atoms with E-state index in [4.69, 9.17) is 5.10 Å². The second-order valence-electron chi connectivity index (χ2n) is 5.59. The summed E-state index contributed by atoms with van der Waals surface area (Å²) in [4.78, 5) is 0. The van der Waals surface area contributed by atoms with Crippen molar-refractivity contribution in [2.45, 2.75) is 6.54 Å². The molecule has 0 amide bonds. The summed E-state index contributed by atoms with van der Waals surface area (Å²) in [5, 5.41) is 7.08. The van der Waals surface area contributed by atoms with Crippen LogP contribution < -0.4 is 17.1 Å². The van der Waals surface area contributed by atoms with Gasteiger partial charge in [-0.05, 0) is 23.3 Å². The number of aromatic nitrogens is 2. The summed E-state index contributed by atoms with van der Waals surface area (Å²) >= 11 is 0. The van der Waals surface area contributed by atoms with Crippen LogP contribution in [0.1, 0.15) is 5.56 Å². The maximum absolute atomic E-state index is 4.70. The van der Waals surface area contributed by atoms with E-state index in [-0.39, 0.29) is 12.4 Å². The molecule has 4 rings (SSSR count). The average Bonchev–Trinajstić information content (AvgIpc) is 2.63. The summed E-state index contributed by atoms with van der Waals surface area (Å²) in [6.07, 6.45) is 1.95. The third kappa shape index (κ3) is 3.15. The van der Waals surface area contributed by atoms with Crippen LogP contribution in [0, 0.1) is 0 Å². The molecule has 0 radical (unpaired) electrons. The van der Waals surface area contributed by atoms with Gasteiger partial charge in [0, 0.05) is 16.5 Å². The van der Waals surface area contributed by atoms with Gasteiger partial charge < -0.3 is 12.4 Å². The minimum atomic E-state index is 0. The van der Waals surface area contributed by atoms with Gasteiger partial charge in [0.1, 0.15) is 6.20 Å². The van der Waals surface area contributed by atoms with Crippen LogP contribution in [-0.2, 0) is 6.54 Å². The number of benzene rings is 3. The van der Waals surface area contributed by atoms with Crippen molar-refractivity contribution in [1.29, 1.82) is 0 Å². The van der Waals surface area contributed by atoms with E-state index >= 15 is 0 Å². The molecule has 0 aliphatic carbocycles. The molecule has 24 heavy (non-hydrogen) atoms. The zero-order valence-corrected chi connectivity index (χ0v) is 13.9. The molecule has 0 fully saturated rings. The third-order valence-electron chi connectivity index (χ3n) is 4.03. The molecule has 1 heterocycles. The molecule has 2 nitrogen and oxygen atoms in total. The van der Waals surface area contributed by atoms with E-state index in [0.717, 1.165) is 17.6 Å². The van der Waals surface area contributed by atoms with Crippen LogP contribution >= 0.6 is 0 Å². The van der Waals surface area contributed by atoms with E-state index < -0.39 is 0 Å². The summed E-state index contributed by atoms with van der Waals surface area (Å²) in [6.45, 7) is 0.760. The number of nitrogens with zero attached hydrogens (tertiary/aromatic N) is 2. The third-order valence-corrected chi connectivity index (χ3v) is 4.03. The van der Waals surface area contributed by atoms with Crippen LogP contribution in [0.25, 0.3) is 22.0 Å². The van der Waals surface area contributed by atoms with Gasteiger partial charge >= 0.3 is 0 Å². The molecular weight excluding hydrogens is 316 g/mol. The first-order valence-corrected chi connectivity index (χ1v) is 7.79. The Morgan fingerprint density at radius 3 is 2.08 bits per heavy atom. The smallest absolute Gasteiger partial charge is 0.247 e. The lowest BCUT2D eigenvalue weighted by molar-refractivity contribution is -0.734. The Morgan fingerprint density at radius 2 is 1.33 bits per heavy atom. The Labute approximate surface area is 147 Å². The highest BCUT2D eigenvalue weighted by atomic mass is 35.5. The Hall–Kier alpha value is -2.71. The SMILES string of the molecule is [Cl-].c1ccc(C[n+]2ncc3ccccc3c2-c2ccccc2)cc1. The molecule has 0 aliphatic heterocycles. The predicted octanol–water partition coefficient (Wildman–Crippen LogP) is 1.24. The van der Waals surface area contributed by atoms with Crippen LogP contribution in [0.4, 0.5) is 0 Å². The lowest BCUT2D eigenvalue weighted by atomic mass is 10.0. The molecule has 118 valence electrons. The maximum Gasteiger partial charge on any atom is 0.247 e. The first-order chi connectivity index (χ1) is 11.4. The number of rotatable bonds is 3. The van der Waals surface area contributed by atoms with E-state index in [1.807, 2.05) is 18.3 Å². The standard InChI is InChI=1S/C21H17N2.ClH/c1-3-9-17(10-4-1)16-23-21(18-11-5-2-6-12-18)20-14-8-7-13-19(20)15-22-23;/h1-15H,16H2;1H/q+1;/p-1. The van der Waals surface area contributed by atoms with Crippen LogP contribution in [0.2, 0.25) is 0 Å². The van der Waals surface area contributed by atoms with E-state index in [1.165, 1.54) is 16.5 Å². The van der Waals surface area contributed by atoms with Crippen LogP contribution in [-0.4, -0.2) is 5.10 Å². The van der Waals surface area contributed by atoms with Crippen molar-refractivity contribution in [2.24, 2.45) is 0 Å². The monoisotopic (exact) mass is 332 g/mol. The highest BCUT2D eigenvalue weighted by Crippen LogP contribution is 2.24. The van der Waals surface area contributed by atoms with E-state index in [1.54, 1.807) is 0 Å². The van der Waals surface area contributed by atoms with Gasteiger partial charge in [-0.25, -0.2) is 0 Å². The Morgan fingerprint density at radius 1 is 0.708 bits per heavy atom. The zero-order chi connectivity index (χ0) is 15.5. The molecule has 3 aromatic carbocycles. The van der Waals surface area contributed by atoms with Crippen LogP contribution in [0.5, 0.6) is 0 Å². The fraction of sp³-hybridized carbons (Fsp3) is 0.0476. The van der Waals surface area contributed by atoms with Gasteiger partial charge in [0.15, 0.2) is 6.54 Å². The highest BCUT2D eigenvalue weighted by molar-refractivity contribution is 5.92. The van der Waals surface area contributed by atoms with Gasteiger partial charge in [-0.3, -0.25) is 0 Å². The molecule has 4 aromatic rings. The van der Waals surface area contributed by atoms with Gasteiger partial charge in [-0.15, -0.1) is 0 Å². The molecule has 0 saturated carbocycles. The van der Waals surface area contributed by atoms with Crippen molar-refractivity contribution < 1.29 is 17.1 Å². The first-order valence-electron chi connectivity index (χ1n) is 7.79. The Bertz CT molecular complexity index is 937. The molecule has 0 N–H and O–H groups in total. The van der Waals surface area contributed by atoms with Crippen molar-refractivity contribution in [3.63, 3.8) is 0 Å². The molecular formula is C21H17ClN2. The Balaban J connectivity index is 0.00000169. The van der Waals surface area contributed by atoms with Crippen LogP contribution in [0.3, 0.4) is 0 Å². The summed E-state index contributed by atoms with van der Waals surface area (Å²) in [5.41, 5.74) is 3.60. The molecule has 0 saturated heterocycles. The van der Waals surface area contributed by atoms with Crippen molar-refractivity contribution in [1.82, 2.24) is 5.10 Å². The molecule has 0 spiro atoms. The minimum absolute atomic E-state index is 0. The second kappa shape index (κ2) is 7.24. The zero-order valence-electron chi connectivity index (χ0n) is 13.1. The largest absolute Gasteiger partial charge is 1.00 e. The molecule has 0 atom stereocenters. The number of hydrogen-bond acceptors (Lipinski definition) is 1. The van der Waals surface area contributed by atoms with Gasteiger partial charge in [0.05, 0.1) is 5.39 Å². The molecule has 3 heteroatoms. The first kappa shape index (κ1) is 16.2. The van der Waals surface area contributed by atoms with Crippen molar-refractivity contribution in [3.05, 3.63) is 96.7 Å². The second-order valence-corrected chi connectivity index (χ2v) is 5.59. The fourth-order valence-electron chi connectivity index (χ4n) is 2.93. The lowest BCUT2D eigenvalue weighted by Crippen LogP contribution is -3.00. The van der Waals surface area contributed by atoms with Crippen molar-refractivity contribution in [2.75, 3.05) is 0 Å². The van der Waals surface area contributed by atoms with Gasteiger partial charge in [-0.1, -0.05) is 71.4 Å². The van der Waals surface area contributed by atoms with E-state index in [0.29, 0.717) is 0 Å². The lowest BCUT2D eigenvalue weighted by Gasteiger charge is -2.06. The predicted molar refractivity (Wildman–Crippen MR) is 92.9 cm³/mol. The number of hydrogen-bond donors (Lipinski definition) is 0.